The number of hydrogen-bond donors (Lipinski definition) is 0. The Morgan fingerprint density at radius 3 is 2.65 bits per heavy atom. The van der Waals surface area contributed by atoms with E-state index < -0.39 is 0 Å². The predicted molar refractivity (Wildman–Crippen MR) is 88.9 cm³/mol. The molecule has 2 aliphatic rings. The van der Waals surface area contributed by atoms with Crippen LogP contribution in [0.1, 0.15) is 17.5 Å². The van der Waals surface area contributed by atoms with Gasteiger partial charge in [-0.1, -0.05) is 18.2 Å². The second-order valence-electron chi connectivity index (χ2n) is 6.29. The topological polar surface area (TPSA) is 38.3 Å². The van der Waals surface area contributed by atoms with Crippen LogP contribution in [0.2, 0.25) is 0 Å². The Kier molecular flexibility index (Phi) is 2.67. The molecule has 23 heavy (non-hydrogen) atoms. The largest absolute Gasteiger partial charge is 0.364 e. The molecule has 0 N–H and O–H groups in total. The lowest BCUT2D eigenvalue weighted by Gasteiger charge is -2.11. The van der Waals surface area contributed by atoms with Crippen LogP contribution in [0.15, 0.2) is 61.1 Å². The second-order valence-corrected chi connectivity index (χ2v) is 6.29. The molecule has 1 saturated heterocycles. The molecule has 1 aliphatic heterocycles. The monoisotopic (exact) mass is 300 g/mol. The number of epoxide rings is 1. The number of hydrogen-bond acceptors (Lipinski definition) is 3. The van der Waals surface area contributed by atoms with E-state index in [1.807, 2.05) is 36.8 Å². The SMILES string of the molecule is c1cnc(-c2ccc3c(c2)CCC32CO2)c(-c2ccncc2)c1. The summed E-state index contributed by atoms with van der Waals surface area (Å²) in [5.41, 5.74) is 7.32. The number of ether oxygens (including phenoxy) is 1. The smallest absolute Gasteiger partial charge is 0.117 e. The predicted octanol–water partition coefficient (Wildman–Crippen LogP) is 3.98. The fourth-order valence-electron chi connectivity index (χ4n) is 3.65. The van der Waals surface area contributed by atoms with E-state index in [2.05, 4.69) is 34.2 Å². The van der Waals surface area contributed by atoms with Gasteiger partial charge >= 0.3 is 0 Å². The van der Waals surface area contributed by atoms with E-state index in [0.29, 0.717) is 0 Å². The maximum absolute atomic E-state index is 5.70. The molecule has 1 aliphatic carbocycles. The summed E-state index contributed by atoms with van der Waals surface area (Å²) < 4.78 is 5.70. The zero-order valence-corrected chi connectivity index (χ0v) is 12.7. The van der Waals surface area contributed by atoms with E-state index in [1.165, 1.54) is 16.7 Å². The van der Waals surface area contributed by atoms with Gasteiger partial charge in [0, 0.05) is 29.7 Å². The fraction of sp³-hybridized carbons (Fsp3) is 0.200. The lowest BCUT2D eigenvalue weighted by atomic mass is 9.96. The van der Waals surface area contributed by atoms with E-state index in [0.717, 1.165) is 36.3 Å². The molecular weight excluding hydrogens is 284 g/mol. The average Bonchev–Trinajstić information content (AvgIpc) is 3.32. The van der Waals surface area contributed by atoms with E-state index in [-0.39, 0.29) is 5.60 Å². The van der Waals surface area contributed by atoms with Crippen molar-refractivity contribution in [2.45, 2.75) is 18.4 Å². The molecule has 0 saturated carbocycles. The third kappa shape index (κ3) is 2.01. The highest BCUT2D eigenvalue weighted by atomic mass is 16.6. The first-order valence-electron chi connectivity index (χ1n) is 7.99. The van der Waals surface area contributed by atoms with Crippen molar-refractivity contribution in [2.75, 3.05) is 6.61 Å². The highest BCUT2D eigenvalue weighted by Crippen LogP contribution is 2.50. The minimum absolute atomic E-state index is 0.0475. The normalized spacial score (nSPS) is 21.4. The molecule has 112 valence electrons. The molecule has 1 aromatic carbocycles. The van der Waals surface area contributed by atoms with Crippen LogP contribution in [0.4, 0.5) is 0 Å². The first-order chi connectivity index (χ1) is 11.4. The number of rotatable bonds is 2. The second kappa shape index (κ2) is 4.74. The van der Waals surface area contributed by atoms with Crippen LogP contribution in [0.3, 0.4) is 0 Å². The van der Waals surface area contributed by atoms with Crippen LogP contribution in [0.5, 0.6) is 0 Å². The molecule has 3 heteroatoms. The number of benzene rings is 1. The van der Waals surface area contributed by atoms with Crippen molar-refractivity contribution in [3.05, 3.63) is 72.2 Å². The lowest BCUT2D eigenvalue weighted by Crippen LogP contribution is -2.01. The Bertz CT molecular complexity index is 885. The highest BCUT2D eigenvalue weighted by Gasteiger charge is 2.50. The molecule has 0 radical (unpaired) electrons. The Morgan fingerprint density at radius 1 is 0.957 bits per heavy atom. The average molecular weight is 300 g/mol. The molecule has 3 heterocycles. The van der Waals surface area contributed by atoms with Gasteiger partial charge < -0.3 is 4.74 Å². The Balaban J connectivity index is 1.64. The summed E-state index contributed by atoms with van der Waals surface area (Å²) in [6.45, 7) is 0.880. The van der Waals surface area contributed by atoms with Gasteiger partial charge in [0.15, 0.2) is 0 Å². The first-order valence-corrected chi connectivity index (χ1v) is 7.99. The van der Waals surface area contributed by atoms with Crippen LogP contribution in [-0.4, -0.2) is 16.6 Å². The number of nitrogens with zero attached hydrogens (tertiary/aromatic N) is 2. The maximum atomic E-state index is 5.70. The molecule has 2 aromatic heterocycles. The fourth-order valence-corrected chi connectivity index (χ4v) is 3.65. The first kappa shape index (κ1) is 13.0. The van der Waals surface area contributed by atoms with E-state index >= 15 is 0 Å². The summed E-state index contributed by atoms with van der Waals surface area (Å²) in [4.78, 5) is 8.76. The quantitative estimate of drug-likeness (QED) is 0.672. The van der Waals surface area contributed by atoms with E-state index in [9.17, 15) is 0 Å². The van der Waals surface area contributed by atoms with Crippen molar-refractivity contribution in [1.29, 1.82) is 0 Å². The van der Waals surface area contributed by atoms with Crippen LogP contribution in [0.25, 0.3) is 22.4 Å². The highest BCUT2D eigenvalue weighted by molar-refractivity contribution is 5.80. The summed E-state index contributed by atoms with van der Waals surface area (Å²) >= 11 is 0. The Labute approximate surface area is 135 Å². The molecular formula is C20H16N2O. The summed E-state index contributed by atoms with van der Waals surface area (Å²) in [5.74, 6) is 0. The molecule has 3 nitrogen and oxygen atoms in total. The molecule has 1 unspecified atom stereocenters. The van der Waals surface area contributed by atoms with Crippen molar-refractivity contribution < 1.29 is 4.74 Å². The van der Waals surface area contributed by atoms with Gasteiger partial charge in [-0.15, -0.1) is 0 Å². The van der Waals surface area contributed by atoms with Crippen molar-refractivity contribution in [1.82, 2.24) is 9.97 Å². The van der Waals surface area contributed by atoms with Crippen molar-refractivity contribution in [3.8, 4) is 22.4 Å². The minimum Gasteiger partial charge on any atom is -0.364 e. The lowest BCUT2D eigenvalue weighted by molar-refractivity contribution is 0.308. The van der Waals surface area contributed by atoms with Crippen molar-refractivity contribution in [3.63, 3.8) is 0 Å². The van der Waals surface area contributed by atoms with Gasteiger partial charge in [-0.3, -0.25) is 9.97 Å². The van der Waals surface area contributed by atoms with Crippen molar-refractivity contribution >= 4 is 0 Å². The summed E-state index contributed by atoms with van der Waals surface area (Å²) in [6.07, 6.45) is 7.72. The molecule has 5 rings (SSSR count). The van der Waals surface area contributed by atoms with Gasteiger partial charge in [0.1, 0.15) is 5.60 Å². The number of aromatic nitrogens is 2. The third-order valence-corrected chi connectivity index (χ3v) is 4.96. The van der Waals surface area contributed by atoms with Crippen LogP contribution in [0, 0.1) is 0 Å². The Hall–Kier alpha value is -2.52. The molecule has 1 fully saturated rings. The van der Waals surface area contributed by atoms with Crippen LogP contribution in [-0.2, 0) is 16.8 Å². The van der Waals surface area contributed by atoms with Gasteiger partial charge in [0.25, 0.3) is 0 Å². The van der Waals surface area contributed by atoms with Gasteiger partial charge in [0.2, 0.25) is 0 Å². The standard InChI is InChI=1S/C20H16N2O/c1-2-17(14-6-10-21-11-7-14)19(22-9-1)16-3-4-18-15(12-16)5-8-20(18)13-23-20/h1-4,6-7,9-12H,5,8,13H2. The van der Waals surface area contributed by atoms with Gasteiger partial charge in [-0.05, 0) is 53.8 Å². The van der Waals surface area contributed by atoms with Gasteiger partial charge in [-0.25, -0.2) is 0 Å². The number of fused-ring (bicyclic) bond motifs is 2. The van der Waals surface area contributed by atoms with E-state index in [4.69, 9.17) is 4.74 Å². The third-order valence-electron chi connectivity index (χ3n) is 4.96. The van der Waals surface area contributed by atoms with Crippen molar-refractivity contribution in [2.24, 2.45) is 0 Å². The summed E-state index contributed by atoms with van der Waals surface area (Å²) in [5, 5.41) is 0. The minimum atomic E-state index is 0.0475. The van der Waals surface area contributed by atoms with E-state index in [1.54, 1.807) is 0 Å². The van der Waals surface area contributed by atoms with Crippen LogP contribution >= 0.6 is 0 Å². The van der Waals surface area contributed by atoms with Gasteiger partial charge in [0.05, 0.1) is 12.3 Å². The van der Waals surface area contributed by atoms with Crippen LogP contribution < -0.4 is 0 Å². The number of aryl methyl sites for hydroxylation is 1. The molecule has 0 amide bonds. The Morgan fingerprint density at radius 2 is 1.83 bits per heavy atom. The number of pyridine rings is 2. The zero-order chi connectivity index (χ0) is 15.3. The molecule has 3 aromatic rings. The maximum Gasteiger partial charge on any atom is 0.117 e. The van der Waals surface area contributed by atoms with Gasteiger partial charge in [-0.2, -0.15) is 0 Å². The zero-order valence-electron chi connectivity index (χ0n) is 12.7. The summed E-state index contributed by atoms with van der Waals surface area (Å²) in [7, 11) is 0. The summed E-state index contributed by atoms with van der Waals surface area (Å²) in [6, 6.07) is 14.9. The molecule has 0 bridgehead atoms. The molecule has 1 spiro atoms. The molecule has 1 atom stereocenters.